The van der Waals surface area contributed by atoms with Crippen LogP contribution in [0.1, 0.15) is 5.69 Å². The molecular formula is C12H12ClN3O2S. The Hall–Kier alpha value is -1.66. The first kappa shape index (κ1) is 13.8. The quantitative estimate of drug-likeness (QED) is 0.792. The maximum atomic E-state index is 11.7. The zero-order chi connectivity index (χ0) is 13.7. The number of carbonyl (C=O) groups excluding carboxylic acids is 1. The molecule has 19 heavy (non-hydrogen) atoms. The van der Waals surface area contributed by atoms with Crippen LogP contribution in [0.5, 0.6) is 0 Å². The normalized spacial score (nSPS) is 10.4. The number of rotatable bonds is 5. The number of benzene rings is 1. The molecular weight excluding hydrogens is 286 g/mol. The van der Waals surface area contributed by atoms with Crippen molar-refractivity contribution in [2.75, 3.05) is 11.1 Å². The molecule has 3 N–H and O–H groups in total. The molecule has 0 saturated carbocycles. The molecule has 1 heterocycles. The Morgan fingerprint density at radius 1 is 1.32 bits per heavy atom. The molecule has 1 aromatic heterocycles. The van der Waals surface area contributed by atoms with Gasteiger partial charge in [-0.15, -0.1) is 11.8 Å². The van der Waals surface area contributed by atoms with Gasteiger partial charge in [0.15, 0.2) is 0 Å². The summed E-state index contributed by atoms with van der Waals surface area (Å²) in [6, 6.07) is 8.54. The second-order valence-corrected chi connectivity index (χ2v) is 5.20. The molecule has 7 heteroatoms. The minimum Gasteiger partial charge on any atom is -0.324 e. The van der Waals surface area contributed by atoms with Crippen LogP contribution in [0.2, 0.25) is 5.02 Å². The van der Waals surface area contributed by atoms with Gasteiger partial charge in [0.2, 0.25) is 5.91 Å². The van der Waals surface area contributed by atoms with Gasteiger partial charge in [0, 0.05) is 17.5 Å². The van der Waals surface area contributed by atoms with E-state index in [0.29, 0.717) is 22.2 Å². The van der Waals surface area contributed by atoms with Crippen molar-refractivity contribution >= 4 is 35.0 Å². The highest BCUT2D eigenvalue weighted by Crippen LogP contribution is 2.20. The van der Waals surface area contributed by atoms with E-state index in [1.807, 2.05) is 0 Å². The summed E-state index contributed by atoms with van der Waals surface area (Å²) in [7, 11) is 0. The lowest BCUT2D eigenvalue weighted by molar-refractivity contribution is -0.113. The minimum atomic E-state index is -0.170. The summed E-state index contributed by atoms with van der Waals surface area (Å²) in [6.07, 6.45) is 0. The van der Waals surface area contributed by atoms with E-state index in [1.54, 1.807) is 24.3 Å². The van der Waals surface area contributed by atoms with E-state index in [1.165, 1.54) is 17.8 Å². The topological polar surface area (TPSA) is 77.8 Å². The van der Waals surface area contributed by atoms with Gasteiger partial charge in [-0.1, -0.05) is 23.7 Å². The number of H-pyrrole nitrogens is 2. The van der Waals surface area contributed by atoms with Gasteiger partial charge in [-0.2, -0.15) is 0 Å². The zero-order valence-electron chi connectivity index (χ0n) is 9.90. The average molecular weight is 298 g/mol. The van der Waals surface area contributed by atoms with E-state index in [4.69, 9.17) is 11.6 Å². The fourth-order valence-electron chi connectivity index (χ4n) is 1.45. The molecule has 1 amide bonds. The summed E-state index contributed by atoms with van der Waals surface area (Å²) in [6.45, 7) is 0. The number of thioether (sulfide) groups is 1. The summed E-state index contributed by atoms with van der Waals surface area (Å²) in [5.74, 6) is 0.726. The number of amides is 1. The lowest BCUT2D eigenvalue weighted by Crippen LogP contribution is -2.14. The summed E-state index contributed by atoms with van der Waals surface area (Å²) in [4.78, 5) is 22.6. The van der Waals surface area contributed by atoms with Gasteiger partial charge < -0.3 is 10.4 Å². The van der Waals surface area contributed by atoms with Crippen molar-refractivity contribution in [3.63, 3.8) is 0 Å². The van der Waals surface area contributed by atoms with Crippen LogP contribution < -0.4 is 10.9 Å². The van der Waals surface area contributed by atoms with E-state index < -0.39 is 0 Å². The monoisotopic (exact) mass is 297 g/mol. The van der Waals surface area contributed by atoms with Crippen LogP contribution in [-0.4, -0.2) is 21.9 Å². The number of aromatic amines is 2. The van der Waals surface area contributed by atoms with Gasteiger partial charge in [0.25, 0.3) is 5.56 Å². The van der Waals surface area contributed by atoms with Crippen molar-refractivity contribution in [2.45, 2.75) is 5.75 Å². The maximum absolute atomic E-state index is 11.7. The van der Waals surface area contributed by atoms with Crippen molar-refractivity contribution in [1.29, 1.82) is 0 Å². The maximum Gasteiger partial charge on any atom is 0.264 e. The number of para-hydroxylation sites is 1. The number of hydrogen-bond acceptors (Lipinski definition) is 3. The van der Waals surface area contributed by atoms with Crippen LogP contribution in [0.15, 0.2) is 35.1 Å². The number of halogens is 1. The van der Waals surface area contributed by atoms with Gasteiger partial charge in [-0.25, -0.2) is 0 Å². The predicted molar refractivity (Wildman–Crippen MR) is 77.7 cm³/mol. The number of nitrogens with one attached hydrogen (secondary N) is 3. The van der Waals surface area contributed by atoms with E-state index in [0.717, 1.165) is 5.69 Å². The third-order valence-electron chi connectivity index (χ3n) is 2.29. The highest BCUT2D eigenvalue weighted by molar-refractivity contribution is 7.99. The molecule has 2 aromatic rings. The fourth-order valence-corrected chi connectivity index (χ4v) is 2.37. The average Bonchev–Trinajstić information content (AvgIpc) is 2.78. The lowest BCUT2D eigenvalue weighted by atomic mass is 10.3. The van der Waals surface area contributed by atoms with Crippen molar-refractivity contribution in [2.24, 2.45) is 0 Å². The smallest absolute Gasteiger partial charge is 0.264 e. The summed E-state index contributed by atoms with van der Waals surface area (Å²) < 4.78 is 0. The molecule has 0 unspecified atom stereocenters. The van der Waals surface area contributed by atoms with Crippen LogP contribution >= 0.6 is 23.4 Å². The molecule has 0 aliphatic heterocycles. The first-order chi connectivity index (χ1) is 9.15. The molecule has 100 valence electrons. The molecule has 0 saturated heterocycles. The van der Waals surface area contributed by atoms with Crippen molar-refractivity contribution in [3.8, 4) is 0 Å². The second-order valence-electron chi connectivity index (χ2n) is 3.80. The summed E-state index contributed by atoms with van der Waals surface area (Å²) in [5, 5.41) is 8.41. The van der Waals surface area contributed by atoms with Gasteiger partial charge in [-0.05, 0) is 12.1 Å². The van der Waals surface area contributed by atoms with Gasteiger partial charge >= 0.3 is 0 Å². The van der Waals surface area contributed by atoms with E-state index in [2.05, 4.69) is 15.5 Å². The number of carbonyl (C=O) groups is 1. The Morgan fingerprint density at radius 2 is 2.11 bits per heavy atom. The van der Waals surface area contributed by atoms with Crippen LogP contribution in [0.25, 0.3) is 0 Å². The van der Waals surface area contributed by atoms with Crippen LogP contribution in [0.4, 0.5) is 5.69 Å². The Bertz CT molecular complexity index is 623. The Balaban J connectivity index is 1.79. The van der Waals surface area contributed by atoms with E-state index >= 15 is 0 Å². The Morgan fingerprint density at radius 3 is 2.79 bits per heavy atom. The molecule has 0 spiro atoms. The third kappa shape index (κ3) is 4.18. The number of aromatic nitrogens is 2. The van der Waals surface area contributed by atoms with Crippen LogP contribution in [0.3, 0.4) is 0 Å². The molecule has 0 fully saturated rings. The van der Waals surface area contributed by atoms with Crippen LogP contribution in [0, 0.1) is 0 Å². The first-order valence-electron chi connectivity index (χ1n) is 5.54. The number of hydrogen-bond donors (Lipinski definition) is 3. The molecule has 0 radical (unpaired) electrons. The lowest BCUT2D eigenvalue weighted by Gasteiger charge is -2.06. The molecule has 1 aromatic carbocycles. The molecule has 0 bridgehead atoms. The van der Waals surface area contributed by atoms with Crippen molar-refractivity contribution in [3.05, 3.63) is 51.4 Å². The third-order valence-corrected chi connectivity index (χ3v) is 3.60. The largest absolute Gasteiger partial charge is 0.324 e. The fraction of sp³-hybridized carbons (Fsp3) is 0.167. The highest BCUT2D eigenvalue weighted by atomic mass is 35.5. The van der Waals surface area contributed by atoms with Gasteiger partial charge in [0.1, 0.15) is 0 Å². The number of anilines is 1. The Labute approximate surface area is 118 Å². The first-order valence-corrected chi connectivity index (χ1v) is 7.07. The summed E-state index contributed by atoms with van der Waals surface area (Å²) in [5.41, 5.74) is 1.20. The van der Waals surface area contributed by atoms with Crippen molar-refractivity contribution < 1.29 is 4.79 Å². The summed E-state index contributed by atoms with van der Waals surface area (Å²) >= 11 is 7.34. The van der Waals surface area contributed by atoms with Gasteiger partial charge in [0.05, 0.1) is 16.5 Å². The molecule has 0 atom stereocenters. The minimum absolute atomic E-state index is 0.129. The predicted octanol–water partition coefficient (Wildman–Crippen LogP) is 2.23. The zero-order valence-corrected chi connectivity index (χ0v) is 11.5. The van der Waals surface area contributed by atoms with Crippen LogP contribution in [-0.2, 0) is 10.5 Å². The standard InChI is InChI=1S/C12H12ClN3O2S/c13-9-3-1-2-4-10(9)14-12(18)7-19-6-8-5-11(17)16-15-8/h1-5H,6-7H2,(H,14,18)(H2,15,16,17). The van der Waals surface area contributed by atoms with Crippen molar-refractivity contribution in [1.82, 2.24) is 10.2 Å². The molecule has 2 rings (SSSR count). The molecule has 0 aliphatic rings. The van der Waals surface area contributed by atoms with E-state index in [9.17, 15) is 9.59 Å². The van der Waals surface area contributed by atoms with Gasteiger partial charge in [-0.3, -0.25) is 14.7 Å². The molecule has 5 nitrogen and oxygen atoms in total. The SMILES string of the molecule is O=C(CSCc1cc(=O)[nH][nH]1)Nc1ccccc1Cl. The Kier molecular flexibility index (Phi) is 4.70. The highest BCUT2D eigenvalue weighted by Gasteiger charge is 2.06. The van der Waals surface area contributed by atoms with E-state index in [-0.39, 0.29) is 11.5 Å². The second kappa shape index (κ2) is 6.49. The molecule has 0 aliphatic carbocycles.